The molecule has 4 rings (SSSR count). The maximum absolute atomic E-state index is 2.27. The van der Waals surface area contributed by atoms with Crippen LogP contribution in [0.5, 0.6) is 0 Å². The molecule has 2 aromatic rings. The highest BCUT2D eigenvalue weighted by Crippen LogP contribution is 2.47. The highest BCUT2D eigenvalue weighted by molar-refractivity contribution is 6.25. The lowest BCUT2D eigenvalue weighted by Crippen LogP contribution is -2.06. The van der Waals surface area contributed by atoms with E-state index in [0.717, 1.165) is 0 Å². The molecule has 0 atom stereocenters. The number of hydrogen-bond donors (Lipinski definition) is 0. The van der Waals surface area contributed by atoms with Gasteiger partial charge in [-0.25, -0.2) is 0 Å². The zero-order valence-electron chi connectivity index (χ0n) is 8.77. The van der Waals surface area contributed by atoms with Gasteiger partial charge in [0.05, 0.1) is 0 Å². The molecule has 2 aliphatic rings. The molecule has 0 heteroatoms. The first kappa shape index (κ1) is 8.12. The van der Waals surface area contributed by atoms with Crippen molar-refractivity contribution in [3.63, 3.8) is 0 Å². The zero-order chi connectivity index (χ0) is 10.5. The monoisotopic (exact) mass is 202 g/mol. The van der Waals surface area contributed by atoms with Crippen LogP contribution in [0.3, 0.4) is 0 Å². The summed E-state index contributed by atoms with van der Waals surface area (Å²) < 4.78 is 0. The van der Waals surface area contributed by atoms with Crippen molar-refractivity contribution in [2.75, 3.05) is 0 Å². The predicted molar refractivity (Wildman–Crippen MR) is 68.6 cm³/mol. The summed E-state index contributed by atoms with van der Waals surface area (Å²) in [6, 6.07) is 17.1. The first-order valence-corrected chi connectivity index (χ1v) is 5.56. The first-order chi connectivity index (χ1) is 7.93. The van der Waals surface area contributed by atoms with Crippen LogP contribution in [0, 0.1) is 0 Å². The van der Waals surface area contributed by atoms with E-state index >= 15 is 0 Å². The lowest BCUT2D eigenvalue weighted by Gasteiger charge is -2.28. The summed E-state index contributed by atoms with van der Waals surface area (Å²) in [7, 11) is 0. The van der Waals surface area contributed by atoms with E-state index in [1.165, 1.54) is 33.4 Å². The number of fused-ring (bicyclic) bond motifs is 2. The quantitative estimate of drug-likeness (QED) is 0.653. The van der Waals surface area contributed by atoms with Crippen LogP contribution in [0.25, 0.3) is 23.3 Å². The topological polar surface area (TPSA) is 0 Å². The smallest absolute Gasteiger partial charge is 0.00928 e. The maximum Gasteiger partial charge on any atom is -0.00928 e. The molecule has 0 unspecified atom stereocenters. The van der Waals surface area contributed by atoms with Gasteiger partial charge in [-0.05, 0) is 45.6 Å². The molecule has 0 fully saturated rings. The Kier molecular flexibility index (Phi) is 1.39. The number of rotatable bonds is 1. The van der Waals surface area contributed by atoms with Gasteiger partial charge in [0, 0.05) is 0 Å². The Labute approximate surface area is 94.6 Å². The summed E-state index contributed by atoms with van der Waals surface area (Å²) in [4.78, 5) is 0. The van der Waals surface area contributed by atoms with Gasteiger partial charge >= 0.3 is 0 Å². The fourth-order valence-corrected chi connectivity index (χ4v) is 2.49. The van der Waals surface area contributed by atoms with Gasteiger partial charge in [0.15, 0.2) is 0 Å². The molecule has 0 N–H and O–H groups in total. The largest absolute Gasteiger partial charge is 0.0616 e. The second-order valence-corrected chi connectivity index (χ2v) is 4.29. The Balaban J connectivity index is 1.79. The molecular formula is C16H10. The fraction of sp³-hybridized carbons (Fsp3) is 0. The van der Waals surface area contributed by atoms with E-state index in [9.17, 15) is 0 Å². The molecule has 0 nitrogen and oxygen atoms in total. The van der Waals surface area contributed by atoms with Gasteiger partial charge in [-0.1, -0.05) is 48.5 Å². The van der Waals surface area contributed by atoms with Gasteiger partial charge in [-0.2, -0.15) is 0 Å². The second-order valence-electron chi connectivity index (χ2n) is 4.29. The van der Waals surface area contributed by atoms with Gasteiger partial charge < -0.3 is 0 Å². The van der Waals surface area contributed by atoms with Gasteiger partial charge in [0.2, 0.25) is 0 Å². The number of benzene rings is 2. The molecule has 0 aromatic heterocycles. The van der Waals surface area contributed by atoms with Crippen LogP contribution >= 0.6 is 0 Å². The second kappa shape index (κ2) is 2.73. The lowest BCUT2D eigenvalue weighted by atomic mass is 9.75. The summed E-state index contributed by atoms with van der Waals surface area (Å²) in [6.45, 7) is 0. The Morgan fingerprint density at radius 2 is 0.938 bits per heavy atom. The molecule has 0 heterocycles. The molecule has 0 amide bonds. The van der Waals surface area contributed by atoms with E-state index in [1.54, 1.807) is 0 Å². The van der Waals surface area contributed by atoms with Crippen molar-refractivity contribution >= 4 is 23.3 Å². The van der Waals surface area contributed by atoms with Crippen LogP contribution in [0.2, 0.25) is 0 Å². The van der Waals surface area contributed by atoms with Crippen LogP contribution in [0.15, 0.2) is 48.5 Å². The Morgan fingerprint density at radius 1 is 0.500 bits per heavy atom. The van der Waals surface area contributed by atoms with Crippen molar-refractivity contribution in [3.05, 3.63) is 70.8 Å². The van der Waals surface area contributed by atoms with Gasteiger partial charge in [-0.3, -0.25) is 0 Å². The highest BCUT2D eigenvalue weighted by atomic mass is 14.3. The molecule has 2 aliphatic carbocycles. The lowest BCUT2D eigenvalue weighted by molar-refractivity contribution is 1.49. The van der Waals surface area contributed by atoms with Gasteiger partial charge in [0.1, 0.15) is 0 Å². The third-order valence-electron chi connectivity index (χ3n) is 3.39. The van der Waals surface area contributed by atoms with E-state index in [0.29, 0.717) is 0 Å². The molecule has 16 heavy (non-hydrogen) atoms. The number of hydrogen-bond acceptors (Lipinski definition) is 0. The molecular weight excluding hydrogens is 192 g/mol. The average molecular weight is 202 g/mol. The minimum absolute atomic E-state index is 1.36. The minimum Gasteiger partial charge on any atom is -0.0616 e. The summed E-state index contributed by atoms with van der Waals surface area (Å²) in [6.07, 6.45) is 4.55. The minimum atomic E-state index is 1.36. The van der Waals surface area contributed by atoms with Crippen molar-refractivity contribution in [2.24, 2.45) is 0 Å². The average Bonchev–Trinajstić information content (AvgIpc) is 2.26. The van der Waals surface area contributed by atoms with E-state index in [1.807, 2.05) is 0 Å². The Morgan fingerprint density at radius 3 is 1.38 bits per heavy atom. The molecule has 0 aliphatic heterocycles. The Bertz CT molecular complexity index is 598. The van der Waals surface area contributed by atoms with E-state index < -0.39 is 0 Å². The van der Waals surface area contributed by atoms with Crippen molar-refractivity contribution in [3.8, 4) is 0 Å². The molecule has 0 saturated carbocycles. The zero-order valence-corrected chi connectivity index (χ0v) is 8.77. The Hall–Kier alpha value is -2.08. The normalized spacial score (nSPS) is 15.0. The molecule has 2 aromatic carbocycles. The molecule has 0 bridgehead atoms. The van der Waals surface area contributed by atoms with Crippen molar-refractivity contribution in [1.82, 2.24) is 0 Å². The summed E-state index contributed by atoms with van der Waals surface area (Å²) in [5, 5.41) is 0. The van der Waals surface area contributed by atoms with Crippen molar-refractivity contribution < 1.29 is 0 Å². The van der Waals surface area contributed by atoms with Crippen molar-refractivity contribution in [2.45, 2.75) is 0 Å². The highest BCUT2D eigenvalue weighted by Gasteiger charge is 2.25. The van der Waals surface area contributed by atoms with E-state index in [-0.39, 0.29) is 0 Å². The van der Waals surface area contributed by atoms with Gasteiger partial charge in [-0.15, -0.1) is 0 Å². The molecule has 0 spiro atoms. The third-order valence-corrected chi connectivity index (χ3v) is 3.39. The van der Waals surface area contributed by atoms with E-state index in [2.05, 4.69) is 60.7 Å². The van der Waals surface area contributed by atoms with Gasteiger partial charge in [0.25, 0.3) is 0 Å². The number of allylic oxidation sites excluding steroid dienone is 2. The van der Waals surface area contributed by atoms with Crippen LogP contribution in [0.1, 0.15) is 22.3 Å². The van der Waals surface area contributed by atoms with Crippen molar-refractivity contribution in [1.29, 1.82) is 0 Å². The molecule has 74 valence electrons. The van der Waals surface area contributed by atoms with Crippen LogP contribution in [-0.2, 0) is 0 Å². The molecule has 0 saturated heterocycles. The molecule has 0 radical (unpaired) electrons. The van der Waals surface area contributed by atoms with Crippen LogP contribution in [-0.4, -0.2) is 0 Å². The van der Waals surface area contributed by atoms with E-state index in [4.69, 9.17) is 0 Å². The summed E-state index contributed by atoms with van der Waals surface area (Å²) >= 11 is 0. The maximum atomic E-state index is 2.27. The SMILES string of the molecule is C1=C(C2=Cc3ccccc32)c2ccccc21. The first-order valence-electron chi connectivity index (χ1n) is 5.56. The van der Waals surface area contributed by atoms with Crippen LogP contribution in [0.4, 0.5) is 0 Å². The summed E-state index contributed by atoms with van der Waals surface area (Å²) in [5.41, 5.74) is 8.31. The fourth-order valence-electron chi connectivity index (χ4n) is 2.49. The summed E-state index contributed by atoms with van der Waals surface area (Å²) in [5.74, 6) is 0. The standard InChI is InChI=1S/C16H10/c1-3-7-13-11(5-1)9-15(13)16-10-12-6-2-4-8-14(12)16/h1-10H. The predicted octanol–water partition coefficient (Wildman–Crippen LogP) is 4.09. The third kappa shape index (κ3) is 0.892. The van der Waals surface area contributed by atoms with Crippen LogP contribution < -0.4 is 0 Å².